The molecule has 0 aliphatic carbocycles. The first-order valence-corrected chi connectivity index (χ1v) is 19.1. The number of hydrogen-bond acceptors (Lipinski definition) is 3. The van der Waals surface area contributed by atoms with Crippen LogP contribution in [0.25, 0.3) is 0 Å². The summed E-state index contributed by atoms with van der Waals surface area (Å²) in [7, 11) is -3.82. The lowest BCUT2D eigenvalue weighted by atomic mass is 10.1. The van der Waals surface area contributed by atoms with Gasteiger partial charge in [0.25, 0.3) is 0 Å². The first-order valence-electron chi connectivity index (χ1n) is 14.0. The summed E-state index contributed by atoms with van der Waals surface area (Å²) in [6, 6.07) is 18.1. The van der Waals surface area contributed by atoms with Gasteiger partial charge >= 0.3 is 0 Å². The molecule has 1 aromatic carbocycles. The van der Waals surface area contributed by atoms with Crippen LogP contribution in [-0.4, -0.2) is 29.5 Å². The van der Waals surface area contributed by atoms with Crippen LogP contribution in [-0.2, 0) is 13.6 Å². The Morgan fingerprint density at radius 1 is 0.576 bits per heavy atom. The maximum atomic E-state index is 7.35. The molecular formula is C28H54O3Si2. The van der Waals surface area contributed by atoms with E-state index in [2.05, 4.69) is 78.8 Å². The molecule has 33 heavy (non-hydrogen) atoms. The van der Waals surface area contributed by atoms with Crippen LogP contribution in [0.4, 0.5) is 0 Å². The lowest BCUT2D eigenvalue weighted by Crippen LogP contribution is -2.48. The standard InChI is InChI=1S/C28H54O3Si2/c1-8-20-32(21-9-2,22-10-3)30-27(26-18-16-15-17-19-26)28(29-14-7)31-33(23-11-4,24-12-5)25-13-6/h15-19,27-28H,8-14,20-25H2,1-7H3. The Morgan fingerprint density at radius 3 is 1.33 bits per heavy atom. The van der Waals surface area contributed by atoms with Crippen LogP contribution in [0.1, 0.15) is 98.7 Å². The van der Waals surface area contributed by atoms with Crippen LogP contribution in [0.5, 0.6) is 0 Å². The molecule has 0 amide bonds. The molecule has 0 aromatic heterocycles. The molecule has 3 nitrogen and oxygen atoms in total. The van der Waals surface area contributed by atoms with E-state index in [0.29, 0.717) is 6.61 Å². The van der Waals surface area contributed by atoms with Gasteiger partial charge in [-0.2, -0.15) is 0 Å². The summed E-state index contributed by atoms with van der Waals surface area (Å²) in [5, 5.41) is 0. The number of rotatable bonds is 20. The third-order valence-electron chi connectivity index (χ3n) is 6.68. The third kappa shape index (κ3) is 9.97. The second-order valence-corrected chi connectivity index (χ2v) is 18.0. The number of benzene rings is 1. The van der Waals surface area contributed by atoms with Gasteiger partial charge in [-0.15, -0.1) is 0 Å². The van der Waals surface area contributed by atoms with Crippen molar-refractivity contribution < 1.29 is 13.6 Å². The molecule has 0 N–H and O–H groups in total. The van der Waals surface area contributed by atoms with Crippen molar-refractivity contribution in [3.05, 3.63) is 35.9 Å². The minimum atomic E-state index is -1.91. The topological polar surface area (TPSA) is 27.7 Å². The average Bonchev–Trinajstić information content (AvgIpc) is 2.79. The van der Waals surface area contributed by atoms with E-state index in [9.17, 15) is 0 Å². The van der Waals surface area contributed by atoms with Gasteiger partial charge in [-0.1, -0.05) is 110 Å². The van der Waals surface area contributed by atoms with Crippen molar-refractivity contribution in [2.45, 2.75) is 136 Å². The highest BCUT2D eigenvalue weighted by molar-refractivity contribution is 6.74. The fourth-order valence-electron chi connectivity index (χ4n) is 5.62. The van der Waals surface area contributed by atoms with E-state index in [-0.39, 0.29) is 12.4 Å². The smallest absolute Gasteiger partial charge is 0.196 e. The molecule has 0 radical (unpaired) electrons. The zero-order chi connectivity index (χ0) is 24.6. The molecule has 0 aliphatic heterocycles. The maximum absolute atomic E-state index is 7.35. The van der Waals surface area contributed by atoms with Gasteiger partial charge in [0.15, 0.2) is 22.9 Å². The van der Waals surface area contributed by atoms with Crippen molar-refractivity contribution in [3.63, 3.8) is 0 Å². The lowest BCUT2D eigenvalue weighted by Gasteiger charge is -2.42. The second-order valence-electron chi connectivity index (χ2n) is 9.76. The average molecular weight is 495 g/mol. The van der Waals surface area contributed by atoms with Crippen molar-refractivity contribution >= 4 is 16.6 Å². The van der Waals surface area contributed by atoms with E-state index in [1.54, 1.807) is 0 Å². The molecule has 0 aliphatic rings. The van der Waals surface area contributed by atoms with E-state index >= 15 is 0 Å². The van der Waals surface area contributed by atoms with E-state index in [0.717, 1.165) is 0 Å². The minimum absolute atomic E-state index is 0.139. The predicted octanol–water partition coefficient (Wildman–Crippen LogP) is 9.47. The predicted molar refractivity (Wildman–Crippen MR) is 149 cm³/mol. The van der Waals surface area contributed by atoms with Crippen LogP contribution < -0.4 is 0 Å². The van der Waals surface area contributed by atoms with Gasteiger partial charge in [-0.3, -0.25) is 0 Å². The van der Waals surface area contributed by atoms with Gasteiger partial charge in [0, 0.05) is 6.61 Å². The van der Waals surface area contributed by atoms with E-state index in [1.807, 2.05) is 0 Å². The molecule has 0 heterocycles. The normalized spacial score (nSPS) is 14.4. The molecule has 0 bridgehead atoms. The van der Waals surface area contributed by atoms with Crippen LogP contribution in [0.2, 0.25) is 36.3 Å². The van der Waals surface area contributed by atoms with Crippen LogP contribution in [0, 0.1) is 0 Å². The summed E-state index contributed by atoms with van der Waals surface area (Å²) >= 11 is 0. The van der Waals surface area contributed by atoms with Gasteiger partial charge < -0.3 is 13.6 Å². The van der Waals surface area contributed by atoms with Crippen LogP contribution in [0.3, 0.4) is 0 Å². The molecule has 0 spiro atoms. The van der Waals surface area contributed by atoms with Crippen molar-refractivity contribution in [1.82, 2.24) is 0 Å². The van der Waals surface area contributed by atoms with Crippen LogP contribution >= 0.6 is 0 Å². The SMILES string of the molecule is CCC[Si](CCC)(CCC)OC(OCC)C(O[Si](CCC)(CCC)CCC)c1ccccc1. The third-order valence-corrected chi connectivity index (χ3v) is 16.6. The highest BCUT2D eigenvalue weighted by Gasteiger charge is 2.42. The summed E-state index contributed by atoms with van der Waals surface area (Å²) in [5.74, 6) is 0. The first kappa shape index (κ1) is 30.6. The fraction of sp³-hybridized carbons (Fsp3) is 0.786. The Kier molecular flexibility index (Phi) is 15.8. The molecule has 0 fully saturated rings. The van der Waals surface area contributed by atoms with Gasteiger partial charge in [0.2, 0.25) is 0 Å². The summed E-state index contributed by atoms with van der Waals surface area (Å²) in [6.45, 7) is 16.6. The van der Waals surface area contributed by atoms with E-state index in [4.69, 9.17) is 13.6 Å². The Bertz CT molecular complexity index is 562. The number of hydrogen-bond donors (Lipinski definition) is 0. The monoisotopic (exact) mass is 494 g/mol. The summed E-state index contributed by atoms with van der Waals surface area (Å²) in [4.78, 5) is 0. The van der Waals surface area contributed by atoms with E-state index < -0.39 is 16.6 Å². The highest BCUT2D eigenvalue weighted by atomic mass is 28.4. The summed E-state index contributed by atoms with van der Waals surface area (Å²) in [6.07, 6.45) is 6.66. The van der Waals surface area contributed by atoms with Gasteiger partial charge in [-0.25, -0.2) is 0 Å². The quantitative estimate of drug-likeness (QED) is 0.133. The molecule has 5 heteroatoms. The first-order chi connectivity index (χ1) is 16.0. The molecule has 0 saturated carbocycles. The van der Waals surface area contributed by atoms with Crippen LogP contribution in [0.15, 0.2) is 30.3 Å². The Hall–Kier alpha value is -0.466. The van der Waals surface area contributed by atoms with Gasteiger partial charge in [0.1, 0.15) is 6.10 Å². The van der Waals surface area contributed by atoms with Crippen molar-refractivity contribution in [2.24, 2.45) is 0 Å². The largest absolute Gasteiger partial charge is 0.405 e. The number of ether oxygens (including phenoxy) is 1. The summed E-state index contributed by atoms with van der Waals surface area (Å²) < 4.78 is 21.0. The minimum Gasteiger partial charge on any atom is -0.405 e. The zero-order valence-electron chi connectivity index (χ0n) is 23.0. The molecule has 2 atom stereocenters. The van der Waals surface area contributed by atoms with Crippen molar-refractivity contribution in [2.75, 3.05) is 6.61 Å². The van der Waals surface area contributed by atoms with Crippen molar-refractivity contribution in [1.29, 1.82) is 0 Å². The van der Waals surface area contributed by atoms with Gasteiger partial charge in [0.05, 0.1) is 0 Å². The van der Waals surface area contributed by atoms with Gasteiger partial charge in [-0.05, 0) is 48.8 Å². The molecular weight excluding hydrogens is 440 g/mol. The Balaban J connectivity index is 3.47. The molecule has 1 rings (SSSR count). The Labute approximate surface area is 208 Å². The Morgan fingerprint density at radius 2 is 0.970 bits per heavy atom. The molecule has 192 valence electrons. The van der Waals surface area contributed by atoms with E-state index in [1.165, 1.54) is 80.4 Å². The molecule has 0 saturated heterocycles. The fourth-order valence-corrected chi connectivity index (χ4v) is 14.8. The summed E-state index contributed by atoms with van der Waals surface area (Å²) in [5.41, 5.74) is 1.21. The zero-order valence-corrected chi connectivity index (χ0v) is 25.0. The molecule has 2 unspecified atom stereocenters. The molecule has 1 aromatic rings. The maximum Gasteiger partial charge on any atom is 0.196 e. The highest BCUT2D eigenvalue weighted by Crippen LogP contribution is 2.39. The van der Waals surface area contributed by atoms with Crippen molar-refractivity contribution in [3.8, 4) is 0 Å². The lowest BCUT2D eigenvalue weighted by molar-refractivity contribution is -0.145. The second kappa shape index (κ2) is 17.0.